The van der Waals surface area contributed by atoms with Gasteiger partial charge in [0.25, 0.3) is 5.56 Å². The number of amides is 1. The maximum absolute atomic E-state index is 13.3. The van der Waals surface area contributed by atoms with Crippen molar-refractivity contribution < 1.29 is 4.79 Å². The Morgan fingerprint density at radius 1 is 1.07 bits per heavy atom. The van der Waals surface area contributed by atoms with Crippen molar-refractivity contribution in [3.8, 4) is 0 Å². The minimum Gasteiger partial charge on any atom is -0.301 e. The molecule has 0 fully saturated rings. The van der Waals surface area contributed by atoms with Gasteiger partial charge >= 0.3 is 0 Å². The number of aromatic amines is 1. The highest BCUT2D eigenvalue weighted by Gasteiger charge is 2.26. The molecule has 5 nitrogen and oxygen atoms in total. The number of hydrogen-bond acceptors (Lipinski definition) is 5. The summed E-state index contributed by atoms with van der Waals surface area (Å²) in [5.41, 5.74) is 3.10. The van der Waals surface area contributed by atoms with Crippen LogP contribution in [0.4, 0.5) is 11.4 Å². The molecule has 1 amide bonds. The van der Waals surface area contributed by atoms with Gasteiger partial charge in [0.1, 0.15) is 0 Å². The van der Waals surface area contributed by atoms with E-state index in [9.17, 15) is 9.59 Å². The maximum Gasteiger partial charge on any atom is 0.255 e. The third-order valence-electron chi connectivity index (χ3n) is 4.45. The standard InChI is InChI=1S/C21H19N3O2S2/c1-14(28-21-22-18-13-27-12-17(18)19(25)23-21)20(26)24(15-8-4-2-5-9-15)16-10-6-3-7-11-16/h2-11,14H,12-13H2,1H3,(H,22,23,25). The van der Waals surface area contributed by atoms with Crippen molar-refractivity contribution in [3.63, 3.8) is 0 Å². The van der Waals surface area contributed by atoms with Gasteiger partial charge in [-0.1, -0.05) is 48.2 Å². The summed E-state index contributed by atoms with van der Waals surface area (Å²) in [6, 6.07) is 19.1. The quantitative estimate of drug-likeness (QED) is 0.501. The van der Waals surface area contributed by atoms with Crippen LogP contribution in [0.5, 0.6) is 0 Å². The van der Waals surface area contributed by atoms with E-state index in [1.807, 2.05) is 67.6 Å². The molecule has 0 bridgehead atoms. The van der Waals surface area contributed by atoms with Crippen LogP contribution in [0.3, 0.4) is 0 Å². The number of benzene rings is 2. The van der Waals surface area contributed by atoms with Gasteiger partial charge in [0.2, 0.25) is 5.91 Å². The summed E-state index contributed by atoms with van der Waals surface area (Å²) in [6.45, 7) is 1.84. The number of para-hydroxylation sites is 2. The molecule has 4 rings (SSSR count). The van der Waals surface area contributed by atoms with E-state index in [2.05, 4.69) is 9.97 Å². The second-order valence-electron chi connectivity index (χ2n) is 6.39. The largest absolute Gasteiger partial charge is 0.301 e. The van der Waals surface area contributed by atoms with Crippen LogP contribution in [0.1, 0.15) is 18.2 Å². The summed E-state index contributed by atoms with van der Waals surface area (Å²) in [7, 11) is 0. The van der Waals surface area contributed by atoms with Crippen molar-refractivity contribution in [1.82, 2.24) is 9.97 Å². The van der Waals surface area contributed by atoms with E-state index in [4.69, 9.17) is 0 Å². The van der Waals surface area contributed by atoms with Crippen LogP contribution in [0, 0.1) is 0 Å². The number of hydrogen-bond donors (Lipinski definition) is 1. The van der Waals surface area contributed by atoms with Crippen LogP contribution in [-0.4, -0.2) is 21.1 Å². The molecule has 1 aromatic heterocycles. The van der Waals surface area contributed by atoms with Gasteiger partial charge in [-0.15, -0.1) is 0 Å². The molecule has 0 saturated heterocycles. The third kappa shape index (κ3) is 3.86. The molecular formula is C21H19N3O2S2. The van der Waals surface area contributed by atoms with Crippen molar-refractivity contribution in [2.75, 3.05) is 4.90 Å². The second-order valence-corrected chi connectivity index (χ2v) is 8.71. The first-order chi connectivity index (χ1) is 13.6. The summed E-state index contributed by atoms with van der Waals surface area (Å²) in [4.78, 5) is 34.7. The Balaban J connectivity index is 1.62. The number of thioether (sulfide) groups is 2. The molecular weight excluding hydrogens is 390 g/mol. The van der Waals surface area contributed by atoms with Crippen molar-refractivity contribution in [3.05, 3.63) is 82.3 Å². The fourth-order valence-electron chi connectivity index (χ4n) is 3.05. The predicted molar refractivity (Wildman–Crippen MR) is 115 cm³/mol. The van der Waals surface area contributed by atoms with Gasteiger partial charge < -0.3 is 4.98 Å². The Morgan fingerprint density at radius 2 is 1.68 bits per heavy atom. The van der Waals surface area contributed by atoms with Crippen LogP contribution >= 0.6 is 23.5 Å². The lowest BCUT2D eigenvalue weighted by Crippen LogP contribution is -2.33. The summed E-state index contributed by atoms with van der Waals surface area (Å²) < 4.78 is 0. The number of nitrogens with zero attached hydrogens (tertiary/aromatic N) is 2. The van der Waals surface area contributed by atoms with Gasteiger partial charge in [-0.2, -0.15) is 11.8 Å². The number of rotatable bonds is 5. The molecule has 1 aliphatic rings. The molecule has 1 N–H and O–H groups in total. The minimum atomic E-state index is -0.421. The highest BCUT2D eigenvalue weighted by molar-refractivity contribution is 8.00. The van der Waals surface area contributed by atoms with E-state index in [1.165, 1.54) is 11.8 Å². The summed E-state index contributed by atoms with van der Waals surface area (Å²) >= 11 is 2.97. The van der Waals surface area contributed by atoms with Gasteiger partial charge in [0.15, 0.2) is 5.16 Å². The minimum absolute atomic E-state index is 0.0695. The lowest BCUT2D eigenvalue weighted by atomic mass is 10.2. The van der Waals surface area contributed by atoms with Gasteiger partial charge in [-0.05, 0) is 31.2 Å². The molecule has 2 aromatic carbocycles. The number of carbonyl (C=O) groups is 1. The highest BCUT2D eigenvalue weighted by atomic mass is 32.2. The number of carbonyl (C=O) groups excluding carboxylic acids is 1. The second kappa shape index (κ2) is 8.24. The molecule has 0 saturated carbocycles. The Bertz CT molecular complexity index is 999. The van der Waals surface area contributed by atoms with Gasteiger partial charge in [0, 0.05) is 28.4 Å². The van der Waals surface area contributed by atoms with E-state index >= 15 is 0 Å². The zero-order valence-corrected chi connectivity index (χ0v) is 16.9. The first kappa shape index (κ1) is 18.8. The number of anilines is 2. The number of nitrogens with one attached hydrogen (secondary N) is 1. The summed E-state index contributed by atoms with van der Waals surface area (Å²) in [5, 5.41) is 0.0730. The average Bonchev–Trinajstić information content (AvgIpc) is 3.19. The van der Waals surface area contributed by atoms with Crippen molar-refractivity contribution in [1.29, 1.82) is 0 Å². The zero-order valence-electron chi connectivity index (χ0n) is 15.3. The van der Waals surface area contributed by atoms with Crippen LogP contribution in [-0.2, 0) is 16.3 Å². The first-order valence-electron chi connectivity index (χ1n) is 8.94. The topological polar surface area (TPSA) is 66.1 Å². The molecule has 1 aliphatic heterocycles. The lowest BCUT2D eigenvalue weighted by Gasteiger charge is -2.25. The SMILES string of the molecule is CC(Sc1nc2c(c(=O)[nH]1)CSC2)C(=O)N(c1ccccc1)c1ccccc1. The molecule has 3 aromatic rings. The smallest absolute Gasteiger partial charge is 0.255 e. The third-order valence-corrected chi connectivity index (χ3v) is 6.39. The molecule has 28 heavy (non-hydrogen) atoms. The Hall–Kier alpha value is -2.51. The molecule has 1 unspecified atom stereocenters. The zero-order chi connectivity index (χ0) is 19.5. The van der Waals surface area contributed by atoms with Gasteiger partial charge in [-0.25, -0.2) is 4.98 Å². The number of fused-ring (bicyclic) bond motifs is 1. The number of aromatic nitrogens is 2. The molecule has 0 aliphatic carbocycles. The van der Waals surface area contributed by atoms with E-state index in [-0.39, 0.29) is 11.5 Å². The first-order valence-corrected chi connectivity index (χ1v) is 11.0. The van der Waals surface area contributed by atoms with Gasteiger partial charge in [-0.3, -0.25) is 14.5 Å². The fourth-order valence-corrected chi connectivity index (χ4v) is 4.94. The fraction of sp³-hybridized carbons (Fsp3) is 0.190. The average molecular weight is 410 g/mol. The van der Waals surface area contributed by atoms with Crippen LogP contribution in [0.15, 0.2) is 70.6 Å². The van der Waals surface area contributed by atoms with Crippen LogP contribution < -0.4 is 10.5 Å². The van der Waals surface area contributed by atoms with E-state index in [0.29, 0.717) is 10.9 Å². The van der Waals surface area contributed by atoms with Crippen molar-refractivity contribution >= 4 is 40.8 Å². The van der Waals surface area contributed by atoms with Gasteiger partial charge in [0.05, 0.1) is 10.9 Å². The normalized spacial score (nSPS) is 13.8. The summed E-state index contributed by atoms with van der Waals surface area (Å²) in [5.74, 6) is 1.38. The van der Waals surface area contributed by atoms with Crippen LogP contribution in [0.2, 0.25) is 0 Å². The molecule has 142 valence electrons. The molecule has 0 spiro atoms. The predicted octanol–water partition coefficient (Wildman–Crippen LogP) is 4.36. The van der Waals surface area contributed by atoms with E-state index in [1.54, 1.807) is 16.7 Å². The lowest BCUT2D eigenvalue weighted by molar-refractivity contribution is -0.117. The highest BCUT2D eigenvalue weighted by Crippen LogP contribution is 2.31. The van der Waals surface area contributed by atoms with Crippen molar-refractivity contribution in [2.24, 2.45) is 0 Å². The molecule has 7 heteroatoms. The molecule has 2 heterocycles. The van der Waals surface area contributed by atoms with E-state index in [0.717, 1.165) is 28.4 Å². The monoisotopic (exact) mass is 409 g/mol. The molecule has 0 radical (unpaired) electrons. The Kier molecular flexibility index (Phi) is 5.54. The summed E-state index contributed by atoms with van der Waals surface area (Å²) in [6.07, 6.45) is 0. The number of H-pyrrole nitrogens is 1. The van der Waals surface area contributed by atoms with Crippen molar-refractivity contribution in [2.45, 2.75) is 28.8 Å². The molecule has 1 atom stereocenters. The Morgan fingerprint density at radius 3 is 2.29 bits per heavy atom. The van der Waals surface area contributed by atoms with Crippen LogP contribution in [0.25, 0.3) is 0 Å². The maximum atomic E-state index is 13.3. The Labute approximate surface area is 171 Å². The van der Waals surface area contributed by atoms with E-state index < -0.39 is 5.25 Å².